The summed E-state index contributed by atoms with van der Waals surface area (Å²) in [5.74, 6) is 0.739. The van der Waals surface area contributed by atoms with Crippen LogP contribution in [0.25, 0.3) is 0 Å². The van der Waals surface area contributed by atoms with Gasteiger partial charge in [-0.2, -0.15) is 0 Å². The molecular formula is C13H17NO4. The zero-order valence-electron chi connectivity index (χ0n) is 10.6. The Hall–Kier alpha value is -1.75. The van der Waals surface area contributed by atoms with Crippen molar-refractivity contribution in [2.45, 2.75) is 13.0 Å². The van der Waals surface area contributed by atoms with Crippen molar-refractivity contribution in [2.24, 2.45) is 0 Å². The first-order valence-corrected chi connectivity index (χ1v) is 5.82. The van der Waals surface area contributed by atoms with Crippen LogP contribution in [0.5, 0.6) is 11.5 Å². The third kappa shape index (κ3) is 2.56. The molecule has 2 rings (SSSR count). The fourth-order valence-electron chi connectivity index (χ4n) is 2.29. The van der Waals surface area contributed by atoms with E-state index in [1.54, 1.807) is 14.2 Å². The number of nitrogens with zero attached hydrogens (tertiary/aromatic N) is 1. The largest absolute Gasteiger partial charge is 0.497 e. The first kappa shape index (κ1) is 12.7. The van der Waals surface area contributed by atoms with Crippen LogP contribution in [0, 0.1) is 0 Å². The zero-order valence-corrected chi connectivity index (χ0v) is 10.6. The van der Waals surface area contributed by atoms with Crippen molar-refractivity contribution in [1.29, 1.82) is 0 Å². The molecule has 0 aliphatic carbocycles. The quantitative estimate of drug-likeness (QED) is 0.869. The average molecular weight is 251 g/mol. The molecule has 0 unspecified atom stereocenters. The molecule has 1 aliphatic heterocycles. The summed E-state index contributed by atoms with van der Waals surface area (Å²) in [5.41, 5.74) is 2.23. The number of hydrogen-bond donors (Lipinski definition) is 1. The third-order valence-corrected chi connectivity index (χ3v) is 3.17. The van der Waals surface area contributed by atoms with Crippen LogP contribution < -0.4 is 9.47 Å². The summed E-state index contributed by atoms with van der Waals surface area (Å²) >= 11 is 0. The molecule has 0 spiro atoms. The Bertz CT molecular complexity index is 441. The van der Waals surface area contributed by atoms with E-state index in [0.717, 1.165) is 30.0 Å². The molecule has 1 aliphatic rings. The van der Waals surface area contributed by atoms with Crippen molar-refractivity contribution in [3.8, 4) is 11.5 Å². The lowest BCUT2D eigenvalue weighted by Crippen LogP contribution is -2.35. The van der Waals surface area contributed by atoms with E-state index in [9.17, 15) is 4.79 Å². The van der Waals surface area contributed by atoms with E-state index >= 15 is 0 Å². The molecule has 0 radical (unpaired) electrons. The van der Waals surface area contributed by atoms with Crippen LogP contribution in [-0.2, 0) is 17.8 Å². The smallest absolute Gasteiger partial charge is 0.317 e. The second-order valence-corrected chi connectivity index (χ2v) is 4.32. The molecule has 0 fully saturated rings. The van der Waals surface area contributed by atoms with Gasteiger partial charge in [0.2, 0.25) is 0 Å². The number of benzene rings is 1. The fraction of sp³-hybridized carbons (Fsp3) is 0.462. The van der Waals surface area contributed by atoms with Crippen LogP contribution >= 0.6 is 0 Å². The lowest BCUT2D eigenvalue weighted by Gasteiger charge is -2.28. The zero-order chi connectivity index (χ0) is 13.1. The van der Waals surface area contributed by atoms with Crippen LogP contribution in [0.15, 0.2) is 12.1 Å². The van der Waals surface area contributed by atoms with Crippen LogP contribution in [-0.4, -0.2) is 43.3 Å². The molecule has 0 bridgehead atoms. The fourth-order valence-corrected chi connectivity index (χ4v) is 2.29. The highest BCUT2D eigenvalue weighted by Crippen LogP contribution is 2.32. The maximum Gasteiger partial charge on any atom is 0.317 e. The summed E-state index contributed by atoms with van der Waals surface area (Å²) in [6.45, 7) is 1.42. The number of carboxylic acid groups (broad SMARTS) is 1. The van der Waals surface area contributed by atoms with Crippen molar-refractivity contribution in [3.05, 3.63) is 23.3 Å². The van der Waals surface area contributed by atoms with Crippen molar-refractivity contribution in [1.82, 2.24) is 4.90 Å². The van der Waals surface area contributed by atoms with Gasteiger partial charge in [-0.3, -0.25) is 9.69 Å². The van der Waals surface area contributed by atoms with Gasteiger partial charge in [-0.15, -0.1) is 0 Å². The second kappa shape index (κ2) is 5.27. The molecule has 5 heteroatoms. The third-order valence-electron chi connectivity index (χ3n) is 3.17. The Morgan fingerprint density at radius 1 is 1.39 bits per heavy atom. The SMILES string of the molecule is COc1cc2c(c(OC)c1)CN(CC(=O)O)CC2. The Balaban J connectivity index is 2.28. The highest BCUT2D eigenvalue weighted by atomic mass is 16.5. The van der Waals surface area contributed by atoms with E-state index in [2.05, 4.69) is 0 Å². The van der Waals surface area contributed by atoms with Crippen molar-refractivity contribution in [2.75, 3.05) is 27.3 Å². The lowest BCUT2D eigenvalue weighted by atomic mass is 9.98. The van der Waals surface area contributed by atoms with Gasteiger partial charge in [0.05, 0.1) is 20.8 Å². The molecule has 1 heterocycles. The highest BCUT2D eigenvalue weighted by molar-refractivity contribution is 5.69. The van der Waals surface area contributed by atoms with Gasteiger partial charge in [-0.1, -0.05) is 0 Å². The molecule has 1 aromatic rings. The van der Waals surface area contributed by atoms with Gasteiger partial charge in [0.25, 0.3) is 0 Å². The number of rotatable bonds is 4. The highest BCUT2D eigenvalue weighted by Gasteiger charge is 2.22. The number of fused-ring (bicyclic) bond motifs is 1. The van der Waals surface area contributed by atoms with E-state index in [-0.39, 0.29) is 6.54 Å². The predicted molar refractivity (Wildman–Crippen MR) is 66.2 cm³/mol. The minimum absolute atomic E-state index is 0.0641. The van der Waals surface area contributed by atoms with E-state index in [0.29, 0.717) is 6.54 Å². The van der Waals surface area contributed by atoms with Gasteiger partial charge in [0.1, 0.15) is 11.5 Å². The number of methoxy groups -OCH3 is 2. The van der Waals surface area contributed by atoms with Crippen molar-refractivity contribution >= 4 is 5.97 Å². The number of ether oxygens (including phenoxy) is 2. The van der Waals surface area contributed by atoms with Gasteiger partial charge in [-0.05, 0) is 18.1 Å². The normalized spacial score (nSPS) is 15.0. The monoisotopic (exact) mass is 251 g/mol. The summed E-state index contributed by atoms with van der Waals surface area (Å²) in [7, 11) is 3.24. The molecular weight excluding hydrogens is 234 g/mol. The molecule has 0 saturated heterocycles. The van der Waals surface area contributed by atoms with Gasteiger partial charge in [0, 0.05) is 24.7 Å². The Morgan fingerprint density at radius 2 is 2.17 bits per heavy atom. The molecule has 18 heavy (non-hydrogen) atoms. The van der Waals surface area contributed by atoms with E-state index < -0.39 is 5.97 Å². The lowest BCUT2D eigenvalue weighted by molar-refractivity contribution is -0.138. The van der Waals surface area contributed by atoms with E-state index in [1.165, 1.54) is 5.56 Å². The Labute approximate surface area is 106 Å². The molecule has 1 aromatic carbocycles. The summed E-state index contributed by atoms with van der Waals surface area (Å²) < 4.78 is 10.6. The van der Waals surface area contributed by atoms with E-state index in [1.807, 2.05) is 17.0 Å². The van der Waals surface area contributed by atoms with Crippen LogP contribution in [0.4, 0.5) is 0 Å². The number of aliphatic carboxylic acids is 1. The molecule has 1 N–H and O–H groups in total. The van der Waals surface area contributed by atoms with Gasteiger partial charge in [-0.25, -0.2) is 0 Å². The van der Waals surface area contributed by atoms with Crippen LogP contribution in [0.3, 0.4) is 0 Å². The number of carbonyl (C=O) groups is 1. The second-order valence-electron chi connectivity index (χ2n) is 4.32. The first-order valence-electron chi connectivity index (χ1n) is 5.82. The Kier molecular flexibility index (Phi) is 3.72. The number of carboxylic acids is 1. The number of hydrogen-bond acceptors (Lipinski definition) is 4. The minimum Gasteiger partial charge on any atom is -0.497 e. The summed E-state index contributed by atoms with van der Waals surface area (Å²) in [4.78, 5) is 12.6. The van der Waals surface area contributed by atoms with Crippen molar-refractivity contribution in [3.63, 3.8) is 0 Å². The van der Waals surface area contributed by atoms with Crippen LogP contribution in [0.2, 0.25) is 0 Å². The predicted octanol–water partition coefficient (Wildman–Crippen LogP) is 1.15. The van der Waals surface area contributed by atoms with Gasteiger partial charge in [0.15, 0.2) is 0 Å². The van der Waals surface area contributed by atoms with E-state index in [4.69, 9.17) is 14.6 Å². The molecule has 98 valence electrons. The summed E-state index contributed by atoms with van der Waals surface area (Å²) in [6.07, 6.45) is 0.816. The van der Waals surface area contributed by atoms with Gasteiger partial charge < -0.3 is 14.6 Å². The van der Waals surface area contributed by atoms with Crippen molar-refractivity contribution < 1.29 is 19.4 Å². The van der Waals surface area contributed by atoms with Crippen LogP contribution in [0.1, 0.15) is 11.1 Å². The molecule has 0 atom stereocenters. The molecule has 5 nitrogen and oxygen atoms in total. The topological polar surface area (TPSA) is 59.0 Å². The maximum absolute atomic E-state index is 10.7. The standard InChI is InChI=1S/C13H17NO4/c1-17-10-5-9-3-4-14(8-13(15)16)7-11(9)12(6-10)18-2/h5-6H,3-4,7-8H2,1-2H3,(H,15,16). The summed E-state index contributed by atoms with van der Waals surface area (Å²) in [5, 5.41) is 8.83. The molecule has 0 saturated carbocycles. The first-order chi connectivity index (χ1) is 8.63. The maximum atomic E-state index is 10.7. The molecule has 0 aromatic heterocycles. The molecule has 0 amide bonds. The Morgan fingerprint density at radius 3 is 2.78 bits per heavy atom. The average Bonchev–Trinajstić information content (AvgIpc) is 2.36. The van der Waals surface area contributed by atoms with Gasteiger partial charge >= 0.3 is 5.97 Å². The summed E-state index contributed by atoms with van der Waals surface area (Å²) in [6, 6.07) is 3.83. The minimum atomic E-state index is -0.800.